The Morgan fingerprint density at radius 1 is 1.42 bits per heavy atom. The van der Waals surface area contributed by atoms with Gasteiger partial charge in [-0.25, -0.2) is 0 Å². The van der Waals surface area contributed by atoms with Gasteiger partial charge >= 0.3 is 6.61 Å². The molecule has 0 bridgehead atoms. The lowest BCUT2D eigenvalue weighted by Gasteiger charge is -2.07. The summed E-state index contributed by atoms with van der Waals surface area (Å²) in [5.41, 5.74) is 0.467. The average molecular weight is 192 g/mol. The monoisotopic (exact) mass is 191 g/mol. The molecule has 1 radical (unpaired) electrons. The standard InChI is InChI=1S/C8H6ClF2O/c1-5-3-2-4-6(7(5)9)12-8(10)11/h2-4,8H,1H2. The lowest BCUT2D eigenvalue weighted by Crippen LogP contribution is -2.02. The summed E-state index contributed by atoms with van der Waals surface area (Å²) in [4.78, 5) is 0. The van der Waals surface area contributed by atoms with Gasteiger partial charge in [0.05, 0.1) is 5.02 Å². The molecule has 0 aliphatic rings. The Hall–Kier alpha value is -0.830. The van der Waals surface area contributed by atoms with Crippen LogP contribution in [0.1, 0.15) is 5.56 Å². The predicted molar refractivity (Wildman–Crippen MR) is 42.5 cm³/mol. The van der Waals surface area contributed by atoms with Gasteiger partial charge in [0.2, 0.25) is 0 Å². The highest BCUT2D eigenvalue weighted by atomic mass is 35.5. The molecule has 1 aromatic carbocycles. The molecule has 1 rings (SSSR count). The van der Waals surface area contributed by atoms with E-state index in [-0.39, 0.29) is 10.8 Å². The third kappa shape index (κ3) is 2.08. The molecule has 1 nitrogen and oxygen atoms in total. The molecule has 0 atom stereocenters. The van der Waals surface area contributed by atoms with E-state index >= 15 is 0 Å². The number of halogens is 3. The van der Waals surface area contributed by atoms with Gasteiger partial charge in [0.25, 0.3) is 0 Å². The number of benzene rings is 1. The third-order valence-electron chi connectivity index (χ3n) is 1.26. The van der Waals surface area contributed by atoms with E-state index in [1.165, 1.54) is 6.07 Å². The molecule has 0 aliphatic heterocycles. The lowest BCUT2D eigenvalue weighted by atomic mass is 10.2. The van der Waals surface area contributed by atoms with Crippen molar-refractivity contribution in [2.45, 2.75) is 6.61 Å². The first-order chi connectivity index (χ1) is 5.61. The molecular formula is C8H6ClF2O. The van der Waals surface area contributed by atoms with Gasteiger partial charge in [0, 0.05) is 0 Å². The molecule has 0 aliphatic carbocycles. The fourth-order valence-electron chi connectivity index (χ4n) is 0.743. The fourth-order valence-corrected chi connectivity index (χ4v) is 0.914. The van der Waals surface area contributed by atoms with Gasteiger partial charge in [0.15, 0.2) is 0 Å². The number of hydrogen-bond donors (Lipinski definition) is 0. The molecule has 4 heteroatoms. The number of hydrogen-bond acceptors (Lipinski definition) is 1. The summed E-state index contributed by atoms with van der Waals surface area (Å²) < 4.78 is 27.6. The van der Waals surface area contributed by atoms with Crippen LogP contribution in [0.5, 0.6) is 5.75 Å². The Kier molecular flexibility index (Phi) is 2.87. The van der Waals surface area contributed by atoms with Gasteiger partial charge < -0.3 is 4.74 Å². The Morgan fingerprint density at radius 2 is 2.08 bits per heavy atom. The van der Waals surface area contributed by atoms with Gasteiger partial charge in [0.1, 0.15) is 5.75 Å². The second-order valence-corrected chi connectivity index (χ2v) is 2.49. The zero-order valence-electron chi connectivity index (χ0n) is 6.06. The first-order valence-corrected chi connectivity index (χ1v) is 3.54. The van der Waals surface area contributed by atoms with E-state index < -0.39 is 6.61 Å². The highest BCUT2D eigenvalue weighted by Crippen LogP contribution is 2.28. The Morgan fingerprint density at radius 3 is 2.67 bits per heavy atom. The number of ether oxygens (including phenoxy) is 1. The van der Waals surface area contributed by atoms with Gasteiger partial charge in [-0.15, -0.1) is 0 Å². The van der Waals surface area contributed by atoms with E-state index in [4.69, 9.17) is 11.6 Å². The van der Waals surface area contributed by atoms with Crippen molar-refractivity contribution in [3.63, 3.8) is 0 Å². The molecule has 0 amide bonds. The number of rotatable bonds is 2. The van der Waals surface area contributed by atoms with Crippen LogP contribution in [0.25, 0.3) is 0 Å². The van der Waals surface area contributed by atoms with Crippen molar-refractivity contribution >= 4 is 11.6 Å². The largest absolute Gasteiger partial charge is 0.433 e. The van der Waals surface area contributed by atoms with Gasteiger partial charge in [-0.2, -0.15) is 8.78 Å². The van der Waals surface area contributed by atoms with Crippen LogP contribution >= 0.6 is 11.6 Å². The minimum Gasteiger partial charge on any atom is -0.433 e. The van der Waals surface area contributed by atoms with Gasteiger partial charge in [-0.05, 0) is 18.6 Å². The van der Waals surface area contributed by atoms with E-state index in [0.717, 1.165) is 0 Å². The maximum Gasteiger partial charge on any atom is 0.387 e. The second-order valence-electron chi connectivity index (χ2n) is 2.11. The molecule has 0 unspecified atom stereocenters. The Bertz CT molecular complexity index is 276. The van der Waals surface area contributed by atoms with Crippen molar-refractivity contribution in [3.8, 4) is 5.75 Å². The van der Waals surface area contributed by atoms with Crippen molar-refractivity contribution in [1.82, 2.24) is 0 Å². The Labute approximate surface area is 73.9 Å². The quantitative estimate of drug-likeness (QED) is 0.698. The van der Waals surface area contributed by atoms with Crippen LogP contribution < -0.4 is 4.74 Å². The maximum atomic E-state index is 11.7. The highest BCUT2D eigenvalue weighted by Gasteiger charge is 2.08. The van der Waals surface area contributed by atoms with Crippen molar-refractivity contribution in [3.05, 3.63) is 35.7 Å². The second kappa shape index (κ2) is 3.72. The molecule has 0 fully saturated rings. The van der Waals surface area contributed by atoms with E-state index in [9.17, 15) is 8.78 Å². The first kappa shape index (κ1) is 9.26. The summed E-state index contributed by atoms with van der Waals surface area (Å²) in [7, 11) is 0. The average Bonchev–Trinajstić information content (AvgIpc) is 1.98. The SMILES string of the molecule is [CH2]c1cccc(OC(F)F)c1Cl. The highest BCUT2D eigenvalue weighted by molar-refractivity contribution is 6.32. The van der Waals surface area contributed by atoms with Crippen LogP contribution in [-0.4, -0.2) is 6.61 Å². The van der Waals surface area contributed by atoms with E-state index in [1.54, 1.807) is 12.1 Å². The Balaban J connectivity index is 2.92. The molecule has 0 N–H and O–H groups in total. The van der Waals surface area contributed by atoms with Gasteiger partial charge in [-0.3, -0.25) is 0 Å². The third-order valence-corrected chi connectivity index (χ3v) is 1.69. The van der Waals surface area contributed by atoms with Crippen molar-refractivity contribution < 1.29 is 13.5 Å². The van der Waals surface area contributed by atoms with E-state index in [0.29, 0.717) is 5.56 Å². The summed E-state index contributed by atoms with van der Waals surface area (Å²) in [6.45, 7) is 0.674. The summed E-state index contributed by atoms with van der Waals surface area (Å²) >= 11 is 5.62. The zero-order valence-corrected chi connectivity index (χ0v) is 6.81. The smallest absolute Gasteiger partial charge is 0.387 e. The normalized spacial score (nSPS) is 10.4. The van der Waals surface area contributed by atoms with Crippen LogP contribution in [-0.2, 0) is 0 Å². The number of alkyl halides is 2. The topological polar surface area (TPSA) is 9.23 Å². The first-order valence-electron chi connectivity index (χ1n) is 3.16. The van der Waals surface area contributed by atoms with Gasteiger partial charge in [-0.1, -0.05) is 23.7 Å². The van der Waals surface area contributed by atoms with Crippen LogP contribution in [0.4, 0.5) is 8.78 Å². The lowest BCUT2D eigenvalue weighted by molar-refractivity contribution is -0.0497. The van der Waals surface area contributed by atoms with Crippen LogP contribution in [0.15, 0.2) is 18.2 Å². The van der Waals surface area contributed by atoms with Crippen molar-refractivity contribution in [1.29, 1.82) is 0 Å². The molecule has 0 saturated heterocycles. The predicted octanol–water partition coefficient (Wildman–Crippen LogP) is 3.12. The summed E-state index contributed by atoms with van der Waals surface area (Å²) in [5.74, 6) is -0.0424. The van der Waals surface area contributed by atoms with Crippen LogP contribution in [0.2, 0.25) is 5.02 Å². The van der Waals surface area contributed by atoms with Crippen LogP contribution in [0.3, 0.4) is 0 Å². The summed E-state index contributed by atoms with van der Waals surface area (Å²) in [6.07, 6.45) is 0. The molecular weight excluding hydrogens is 186 g/mol. The molecule has 0 aromatic heterocycles. The molecule has 0 saturated carbocycles. The van der Waals surface area contributed by atoms with Crippen molar-refractivity contribution in [2.75, 3.05) is 0 Å². The molecule has 65 valence electrons. The molecule has 12 heavy (non-hydrogen) atoms. The minimum atomic E-state index is -2.86. The fraction of sp³-hybridized carbons (Fsp3) is 0.125. The summed E-state index contributed by atoms with van der Waals surface area (Å²) in [6, 6.07) is 4.52. The van der Waals surface area contributed by atoms with E-state index in [1.807, 2.05) is 0 Å². The van der Waals surface area contributed by atoms with Crippen molar-refractivity contribution in [2.24, 2.45) is 0 Å². The zero-order chi connectivity index (χ0) is 9.14. The maximum absolute atomic E-state index is 11.7. The molecule has 1 aromatic rings. The minimum absolute atomic E-state index is 0.0424. The molecule has 0 heterocycles. The molecule has 0 spiro atoms. The summed E-state index contributed by atoms with van der Waals surface area (Å²) in [5, 5.41) is 0.123. The van der Waals surface area contributed by atoms with E-state index in [2.05, 4.69) is 11.7 Å². The van der Waals surface area contributed by atoms with Crippen LogP contribution in [0, 0.1) is 6.92 Å².